The third-order valence-corrected chi connectivity index (χ3v) is 5.80. The Balaban J connectivity index is 1.74. The summed E-state index contributed by atoms with van der Waals surface area (Å²) in [6.45, 7) is 1.70. The van der Waals surface area contributed by atoms with E-state index in [4.69, 9.17) is 11.6 Å². The molecule has 4 nitrogen and oxygen atoms in total. The molecule has 0 saturated heterocycles. The van der Waals surface area contributed by atoms with E-state index in [1.165, 1.54) is 15.9 Å². The number of aryl methyl sites for hydroxylation is 1. The van der Waals surface area contributed by atoms with Gasteiger partial charge >= 0.3 is 6.18 Å². The average molecular weight is 401 g/mol. The van der Waals surface area contributed by atoms with E-state index >= 15 is 0 Å². The molecule has 0 amide bonds. The molecular formula is C15H8ClF3N4S2. The summed E-state index contributed by atoms with van der Waals surface area (Å²) < 4.78 is 39.4. The van der Waals surface area contributed by atoms with E-state index in [1.807, 2.05) is 17.5 Å². The van der Waals surface area contributed by atoms with Crippen molar-refractivity contribution in [2.75, 3.05) is 0 Å². The van der Waals surface area contributed by atoms with Crippen molar-refractivity contribution in [2.24, 2.45) is 0 Å². The van der Waals surface area contributed by atoms with Crippen LogP contribution in [0.25, 0.3) is 26.1 Å². The maximum atomic E-state index is 12.7. The number of rotatable bonds is 2. The highest BCUT2D eigenvalue weighted by Crippen LogP contribution is 2.36. The Labute approximate surface area is 152 Å². The minimum Gasteiger partial charge on any atom is -0.235 e. The lowest BCUT2D eigenvalue weighted by Gasteiger charge is -1.99. The van der Waals surface area contributed by atoms with Crippen LogP contribution in [0.3, 0.4) is 0 Å². The average Bonchev–Trinajstić information content (AvgIpc) is 3.24. The van der Waals surface area contributed by atoms with E-state index < -0.39 is 12.0 Å². The molecule has 0 aliphatic rings. The Hall–Kier alpha value is -1.97. The van der Waals surface area contributed by atoms with E-state index in [1.54, 1.807) is 19.1 Å². The molecule has 3 aromatic heterocycles. The number of nitrogens with zero attached hydrogens (tertiary/aromatic N) is 4. The second-order valence-electron chi connectivity index (χ2n) is 5.19. The van der Waals surface area contributed by atoms with Crippen LogP contribution >= 0.6 is 34.3 Å². The summed E-state index contributed by atoms with van der Waals surface area (Å²) in [5, 5.41) is 6.87. The first kappa shape index (κ1) is 16.5. The highest BCUT2D eigenvalue weighted by Gasteiger charge is 2.37. The molecule has 0 saturated carbocycles. The van der Waals surface area contributed by atoms with Crippen LogP contribution in [0, 0.1) is 6.92 Å². The van der Waals surface area contributed by atoms with Gasteiger partial charge in [-0.2, -0.15) is 18.2 Å². The fraction of sp³-hybridized carbons (Fsp3) is 0.133. The first-order valence-electron chi connectivity index (χ1n) is 6.98. The van der Waals surface area contributed by atoms with Gasteiger partial charge < -0.3 is 0 Å². The van der Waals surface area contributed by atoms with E-state index in [2.05, 4.69) is 15.1 Å². The molecule has 0 N–H and O–H groups in total. The predicted molar refractivity (Wildman–Crippen MR) is 92.2 cm³/mol. The molecule has 0 aliphatic heterocycles. The highest BCUT2D eigenvalue weighted by atomic mass is 35.5. The second-order valence-corrected chi connectivity index (χ2v) is 7.46. The number of benzene rings is 1. The van der Waals surface area contributed by atoms with Gasteiger partial charge in [0.1, 0.15) is 5.01 Å². The Bertz CT molecular complexity index is 1060. The zero-order chi connectivity index (χ0) is 17.8. The number of aromatic nitrogens is 4. The van der Waals surface area contributed by atoms with Crippen molar-refractivity contribution in [3.8, 4) is 21.1 Å². The molecular weight excluding hydrogens is 393 g/mol. The van der Waals surface area contributed by atoms with Crippen molar-refractivity contribution in [1.29, 1.82) is 0 Å². The zero-order valence-electron chi connectivity index (χ0n) is 12.5. The molecule has 128 valence electrons. The Kier molecular flexibility index (Phi) is 3.82. The first-order valence-corrected chi connectivity index (χ1v) is 9.05. The summed E-state index contributed by atoms with van der Waals surface area (Å²) in [5.41, 5.74) is 2.20. The molecule has 0 unspecified atom stereocenters. The smallest absolute Gasteiger partial charge is 0.235 e. The van der Waals surface area contributed by atoms with E-state index in [9.17, 15) is 13.2 Å². The van der Waals surface area contributed by atoms with Gasteiger partial charge in [-0.15, -0.1) is 16.4 Å². The molecule has 0 bridgehead atoms. The van der Waals surface area contributed by atoms with E-state index in [0.29, 0.717) is 16.4 Å². The van der Waals surface area contributed by atoms with Crippen molar-refractivity contribution >= 4 is 39.2 Å². The Morgan fingerprint density at radius 2 is 1.84 bits per heavy atom. The number of hydrogen-bond donors (Lipinski definition) is 0. The standard InChI is InChI=1S/C15H8ClF3N4S2/c1-7-11(25-14-21-13(15(17,18)19)22-23(7)14)10-6-24-12(20-10)8-2-4-9(16)5-3-8/h2-6H,1H3. The lowest BCUT2D eigenvalue weighted by molar-refractivity contribution is -0.144. The SMILES string of the molecule is Cc1c(-c2csc(-c3ccc(Cl)cc3)n2)sc2nc(C(F)(F)F)nn12. The van der Waals surface area contributed by atoms with Gasteiger partial charge in [-0.05, 0) is 19.1 Å². The van der Waals surface area contributed by atoms with Crippen molar-refractivity contribution in [3.63, 3.8) is 0 Å². The van der Waals surface area contributed by atoms with Gasteiger partial charge in [-0.1, -0.05) is 35.1 Å². The Morgan fingerprint density at radius 3 is 2.48 bits per heavy atom. The van der Waals surface area contributed by atoms with Crippen molar-refractivity contribution in [1.82, 2.24) is 19.6 Å². The van der Waals surface area contributed by atoms with Gasteiger partial charge in [0.2, 0.25) is 4.96 Å². The van der Waals surface area contributed by atoms with Crippen LogP contribution in [0.4, 0.5) is 13.2 Å². The van der Waals surface area contributed by atoms with Gasteiger partial charge in [-0.25, -0.2) is 9.50 Å². The number of hydrogen-bond acceptors (Lipinski definition) is 5. The van der Waals surface area contributed by atoms with Crippen LogP contribution in [0.15, 0.2) is 29.6 Å². The molecule has 0 atom stereocenters. The van der Waals surface area contributed by atoms with Gasteiger partial charge in [0.05, 0.1) is 16.3 Å². The van der Waals surface area contributed by atoms with Gasteiger partial charge in [0.15, 0.2) is 0 Å². The molecule has 4 aromatic rings. The maximum Gasteiger partial charge on any atom is 0.453 e. The first-order chi connectivity index (χ1) is 11.8. The predicted octanol–water partition coefficient (Wildman–Crippen LogP) is 5.56. The summed E-state index contributed by atoms with van der Waals surface area (Å²) in [4.78, 5) is 9.10. The highest BCUT2D eigenvalue weighted by molar-refractivity contribution is 7.21. The van der Waals surface area contributed by atoms with Crippen LogP contribution in [0.1, 0.15) is 11.5 Å². The monoisotopic (exact) mass is 400 g/mol. The van der Waals surface area contributed by atoms with Gasteiger partial charge in [-0.3, -0.25) is 0 Å². The van der Waals surface area contributed by atoms with Gasteiger partial charge in [0, 0.05) is 16.0 Å². The van der Waals surface area contributed by atoms with Crippen molar-refractivity contribution < 1.29 is 13.2 Å². The van der Waals surface area contributed by atoms with Crippen molar-refractivity contribution in [3.05, 3.63) is 46.2 Å². The summed E-state index contributed by atoms with van der Waals surface area (Å²) in [7, 11) is 0. The minimum atomic E-state index is -4.55. The van der Waals surface area contributed by atoms with Crippen LogP contribution in [-0.4, -0.2) is 19.6 Å². The topological polar surface area (TPSA) is 43.1 Å². The quantitative estimate of drug-likeness (QED) is 0.442. The molecule has 0 aliphatic carbocycles. The van der Waals surface area contributed by atoms with E-state index in [0.717, 1.165) is 26.8 Å². The molecule has 0 radical (unpaired) electrons. The summed E-state index contributed by atoms with van der Waals surface area (Å²) in [6.07, 6.45) is -4.55. The molecule has 0 fully saturated rings. The molecule has 25 heavy (non-hydrogen) atoms. The summed E-state index contributed by atoms with van der Waals surface area (Å²) in [5.74, 6) is -1.13. The number of halogens is 4. The van der Waals surface area contributed by atoms with Crippen LogP contribution in [0.2, 0.25) is 5.02 Å². The molecule has 3 heterocycles. The van der Waals surface area contributed by atoms with Crippen LogP contribution in [-0.2, 0) is 6.18 Å². The fourth-order valence-electron chi connectivity index (χ4n) is 2.30. The lowest BCUT2D eigenvalue weighted by Crippen LogP contribution is -2.08. The third kappa shape index (κ3) is 2.92. The number of alkyl halides is 3. The zero-order valence-corrected chi connectivity index (χ0v) is 14.9. The number of thiazole rings is 2. The molecule has 1 aromatic carbocycles. The molecule has 10 heteroatoms. The van der Waals surface area contributed by atoms with Gasteiger partial charge in [0.25, 0.3) is 5.82 Å². The normalized spacial score (nSPS) is 12.2. The summed E-state index contributed by atoms with van der Waals surface area (Å²) in [6, 6.07) is 7.31. The molecule has 0 spiro atoms. The largest absolute Gasteiger partial charge is 0.453 e. The second kappa shape index (κ2) is 5.79. The Morgan fingerprint density at radius 1 is 1.12 bits per heavy atom. The van der Waals surface area contributed by atoms with Crippen LogP contribution in [0.5, 0.6) is 0 Å². The number of fused-ring (bicyclic) bond motifs is 1. The fourth-order valence-corrected chi connectivity index (χ4v) is 4.34. The lowest BCUT2D eigenvalue weighted by atomic mass is 10.2. The maximum absolute atomic E-state index is 12.7. The van der Waals surface area contributed by atoms with Crippen molar-refractivity contribution in [2.45, 2.75) is 13.1 Å². The minimum absolute atomic E-state index is 0.195. The van der Waals surface area contributed by atoms with E-state index in [-0.39, 0.29) is 4.96 Å². The molecule has 4 rings (SSSR count). The summed E-state index contributed by atoms with van der Waals surface area (Å²) >= 11 is 8.48. The third-order valence-electron chi connectivity index (χ3n) is 3.50. The van der Waals surface area contributed by atoms with Crippen LogP contribution < -0.4 is 0 Å².